The predicted molar refractivity (Wildman–Crippen MR) is 104 cm³/mol. The lowest BCUT2D eigenvalue weighted by Crippen LogP contribution is -2.15. The summed E-state index contributed by atoms with van der Waals surface area (Å²) < 4.78 is 49.1. The van der Waals surface area contributed by atoms with Crippen LogP contribution >= 0.6 is 0 Å². The molecular weight excluding hydrogens is 419 g/mol. The van der Waals surface area contributed by atoms with E-state index in [2.05, 4.69) is 20.6 Å². The van der Waals surface area contributed by atoms with Gasteiger partial charge in [-0.2, -0.15) is 13.2 Å². The number of hydrogen-bond acceptors (Lipinski definition) is 8. The van der Waals surface area contributed by atoms with Gasteiger partial charge in [-0.15, -0.1) is 0 Å². The SMILES string of the molecule is O=[N+]([O-])c1c(Nc2ccc(C(F)(F)F)cc2)ncnc1Nc1ccc2c(c1)OCCO2. The summed E-state index contributed by atoms with van der Waals surface area (Å²) in [5.74, 6) is 0.751. The first-order valence-electron chi connectivity index (χ1n) is 8.91. The highest BCUT2D eigenvalue weighted by Crippen LogP contribution is 2.37. The molecule has 0 unspecified atom stereocenters. The number of nitro groups is 1. The number of benzene rings is 2. The van der Waals surface area contributed by atoms with E-state index < -0.39 is 22.4 Å². The Morgan fingerprint density at radius 2 is 1.48 bits per heavy atom. The van der Waals surface area contributed by atoms with Gasteiger partial charge in [-0.3, -0.25) is 10.1 Å². The average molecular weight is 433 g/mol. The lowest BCUT2D eigenvalue weighted by molar-refractivity contribution is -0.383. The molecule has 1 aliphatic rings. The third-order valence-electron chi connectivity index (χ3n) is 4.28. The second kappa shape index (κ2) is 7.97. The van der Waals surface area contributed by atoms with Crippen LogP contribution in [0.4, 0.5) is 41.9 Å². The van der Waals surface area contributed by atoms with Crippen molar-refractivity contribution in [1.82, 2.24) is 9.97 Å². The maximum atomic E-state index is 12.7. The Hall–Kier alpha value is -4.09. The number of ether oxygens (including phenoxy) is 2. The van der Waals surface area contributed by atoms with E-state index in [4.69, 9.17) is 9.47 Å². The number of halogens is 3. The molecule has 0 amide bonds. The molecule has 4 rings (SSSR count). The van der Waals surface area contributed by atoms with E-state index in [9.17, 15) is 23.3 Å². The molecule has 9 nitrogen and oxygen atoms in total. The highest BCUT2D eigenvalue weighted by molar-refractivity contribution is 5.77. The van der Waals surface area contributed by atoms with Crippen LogP contribution in [0.5, 0.6) is 11.5 Å². The van der Waals surface area contributed by atoms with Crippen LogP contribution in [-0.2, 0) is 6.18 Å². The van der Waals surface area contributed by atoms with Crippen LogP contribution in [0.15, 0.2) is 48.8 Å². The normalized spacial score (nSPS) is 12.9. The zero-order chi connectivity index (χ0) is 22.0. The smallest absolute Gasteiger partial charge is 0.416 e. The molecule has 12 heteroatoms. The van der Waals surface area contributed by atoms with Crippen LogP contribution in [-0.4, -0.2) is 28.1 Å². The third kappa shape index (κ3) is 4.42. The highest BCUT2D eigenvalue weighted by Gasteiger charge is 2.30. The molecule has 0 saturated carbocycles. The summed E-state index contributed by atoms with van der Waals surface area (Å²) in [6.07, 6.45) is -3.39. The van der Waals surface area contributed by atoms with Gasteiger partial charge in [0.1, 0.15) is 19.5 Å². The third-order valence-corrected chi connectivity index (χ3v) is 4.28. The van der Waals surface area contributed by atoms with Crippen LogP contribution in [0.1, 0.15) is 5.56 Å². The van der Waals surface area contributed by atoms with Crippen LogP contribution in [0.2, 0.25) is 0 Å². The van der Waals surface area contributed by atoms with Gasteiger partial charge in [0.15, 0.2) is 11.5 Å². The lowest BCUT2D eigenvalue weighted by Gasteiger charge is -2.19. The Morgan fingerprint density at radius 1 is 0.903 bits per heavy atom. The minimum atomic E-state index is -4.49. The van der Waals surface area contributed by atoms with Gasteiger partial charge < -0.3 is 20.1 Å². The lowest BCUT2D eigenvalue weighted by atomic mass is 10.2. The van der Waals surface area contributed by atoms with Crippen LogP contribution in [0, 0.1) is 10.1 Å². The van der Waals surface area contributed by atoms with Crippen LogP contribution in [0.25, 0.3) is 0 Å². The number of nitrogens with zero attached hydrogens (tertiary/aromatic N) is 3. The first kappa shape index (κ1) is 20.2. The van der Waals surface area contributed by atoms with E-state index in [0.29, 0.717) is 30.4 Å². The van der Waals surface area contributed by atoms with Gasteiger partial charge in [0.25, 0.3) is 0 Å². The second-order valence-corrected chi connectivity index (χ2v) is 6.36. The summed E-state index contributed by atoms with van der Waals surface area (Å²) >= 11 is 0. The molecule has 0 aliphatic carbocycles. The molecule has 0 spiro atoms. The topological polar surface area (TPSA) is 111 Å². The van der Waals surface area contributed by atoms with Crippen molar-refractivity contribution in [1.29, 1.82) is 0 Å². The molecule has 2 heterocycles. The quantitative estimate of drug-likeness (QED) is 0.441. The predicted octanol–water partition coefficient (Wildman–Crippen LogP) is 4.66. The van der Waals surface area contributed by atoms with E-state index in [0.717, 1.165) is 30.6 Å². The molecule has 2 aromatic carbocycles. The number of aromatic nitrogens is 2. The number of anilines is 4. The van der Waals surface area contributed by atoms with Crippen molar-refractivity contribution in [2.24, 2.45) is 0 Å². The molecule has 31 heavy (non-hydrogen) atoms. The molecule has 0 radical (unpaired) electrons. The molecule has 160 valence electrons. The van der Waals surface area contributed by atoms with Gasteiger partial charge in [-0.1, -0.05) is 0 Å². The largest absolute Gasteiger partial charge is 0.486 e. The fourth-order valence-corrected chi connectivity index (χ4v) is 2.87. The second-order valence-electron chi connectivity index (χ2n) is 6.36. The van der Waals surface area contributed by atoms with Crippen LogP contribution < -0.4 is 20.1 Å². The molecule has 0 bridgehead atoms. The van der Waals surface area contributed by atoms with E-state index in [1.165, 1.54) is 0 Å². The standard InChI is InChI=1S/C19H14F3N5O4/c20-19(21,22)11-1-3-12(4-2-11)25-17-16(27(28)29)18(24-10-23-17)26-13-5-6-14-15(9-13)31-8-7-30-14/h1-6,9-10H,7-8H2,(H2,23,24,25,26). The first-order valence-corrected chi connectivity index (χ1v) is 8.91. The average Bonchev–Trinajstić information content (AvgIpc) is 2.73. The minimum absolute atomic E-state index is 0.105. The number of rotatable bonds is 5. The van der Waals surface area contributed by atoms with Crippen molar-refractivity contribution in [2.45, 2.75) is 6.18 Å². The summed E-state index contributed by atoms with van der Waals surface area (Å²) in [6, 6.07) is 8.95. The van der Waals surface area contributed by atoms with Crippen molar-refractivity contribution in [2.75, 3.05) is 23.8 Å². The zero-order valence-electron chi connectivity index (χ0n) is 15.6. The molecule has 2 N–H and O–H groups in total. The Labute approximate surface area is 173 Å². The Bertz CT molecular complexity index is 1120. The summed E-state index contributed by atoms with van der Waals surface area (Å²) in [5.41, 5.74) is -0.653. The maximum Gasteiger partial charge on any atom is 0.416 e. The molecular formula is C19H14F3N5O4. The highest BCUT2D eigenvalue weighted by atomic mass is 19.4. The van der Waals surface area contributed by atoms with Crippen molar-refractivity contribution < 1.29 is 27.6 Å². The Morgan fingerprint density at radius 3 is 2.10 bits per heavy atom. The van der Waals surface area contributed by atoms with Crippen LogP contribution in [0.3, 0.4) is 0 Å². The van der Waals surface area contributed by atoms with Gasteiger partial charge in [0.05, 0.1) is 10.5 Å². The number of fused-ring (bicyclic) bond motifs is 1. The summed E-state index contributed by atoms with van der Waals surface area (Å²) in [4.78, 5) is 18.8. The van der Waals surface area contributed by atoms with Gasteiger partial charge in [0, 0.05) is 17.4 Å². The van der Waals surface area contributed by atoms with E-state index in [-0.39, 0.29) is 17.3 Å². The van der Waals surface area contributed by atoms with Gasteiger partial charge in [-0.05, 0) is 36.4 Å². The monoisotopic (exact) mass is 433 g/mol. The summed E-state index contributed by atoms with van der Waals surface area (Å²) in [7, 11) is 0. The van der Waals surface area contributed by atoms with Crippen molar-refractivity contribution >= 4 is 28.7 Å². The van der Waals surface area contributed by atoms with Gasteiger partial charge in [-0.25, -0.2) is 9.97 Å². The van der Waals surface area contributed by atoms with Crippen molar-refractivity contribution in [3.05, 3.63) is 64.5 Å². The Balaban J connectivity index is 1.62. The van der Waals surface area contributed by atoms with Gasteiger partial charge >= 0.3 is 11.9 Å². The molecule has 0 saturated heterocycles. The van der Waals surface area contributed by atoms with E-state index >= 15 is 0 Å². The summed E-state index contributed by atoms with van der Waals surface area (Å²) in [6.45, 7) is 0.807. The molecule has 1 aliphatic heterocycles. The Kier molecular flexibility index (Phi) is 5.19. The minimum Gasteiger partial charge on any atom is -0.486 e. The fourth-order valence-electron chi connectivity index (χ4n) is 2.87. The molecule has 0 fully saturated rings. The van der Waals surface area contributed by atoms with E-state index in [1.54, 1.807) is 18.2 Å². The number of alkyl halides is 3. The number of nitrogens with one attached hydrogen (secondary N) is 2. The summed E-state index contributed by atoms with van der Waals surface area (Å²) in [5, 5.41) is 17.2. The fraction of sp³-hybridized carbons (Fsp3) is 0.158. The molecule has 1 aromatic heterocycles. The van der Waals surface area contributed by atoms with Crippen molar-refractivity contribution in [3.8, 4) is 11.5 Å². The zero-order valence-corrected chi connectivity index (χ0v) is 15.6. The number of hydrogen-bond donors (Lipinski definition) is 2. The molecule has 0 atom stereocenters. The van der Waals surface area contributed by atoms with E-state index in [1.807, 2.05) is 0 Å². The maximum absolute atomic E-state index is 12.7. The first-order chi connectivity index (χ1) is 14.8. The molecule has 3 aromatic rings. The van der Waals surface area contributed by atoms with Crippen molar-refractivity contribution in [3.63, 3.8) is 0 Å². The van der Waals surface area contributed by atoms with Gasteiger partial charge in [0.2, 0.25) is 11.6 Å².